The van der Waals surface area contributed by atoms with Crippen LogP contribution in [0.4, 0.5) is 0 Å². The molecule has 6 heteroatoms. The minimum atomic E-state index is -0.661. The molecule has 1 amide bonds. The largest absolute Gasteiger partial charge is 0.466 e. The summed E-state index contributed by atoms with van der Waals surface area (Å²) < 4.78 is 5.50. The van der Waals surface area contributed by atoms with Crippen molar-refractivity contribution in [2.45, 2.75) is 456 Å². The molecule has 504 valence electrons. The SMILES string of the molecule is CCCCCC/C=C\C/C=C\CCCCCCCC(=O)OCCCCCCCCCCCCCCCCCCCCCCCCCCCCCCCCCCCC(=O)NC(CO)C(O)CCCCCCCCCCCCCCCCCCCCC. The van der Waals surface area contributed by atoms with Crippen LogP contribution in [0.3, 0.4) is 0 Å². The number of hydrogen-bond donors (Lipinski definition) is 3. The average Bonchev–Trinajstić information content (AvgIpc) is 3.51. The Morgan fingerprint density at radius 3 is 0.906 bits per heavy atom. The highest BCUT2D eigenvalue weighted by Crippen LogP contribution is 2.20. The summed E-state index contributed by atoms with van der Waals surface area (Å²) in [7, 11) is 0. The van der Waals surface area contributed by atoms with Crippen molar-refractivity contribution in [3.8, 4) is 0 Å². The lowest BCUT2D eigenvalue weighted by molar-refractivity contribution is -0.143. The number of aliphatic hydroxyl groups is 2. The Kier molecular flexibility index (Phi) is 73.3. The third-order valence-corrected chi connectivity index (χ3v) is 18.5. The molecule has 0 rings (SSSR count). The Balaban J connectivity index is 3.32. The van der Waals surface area contributed by atoms with Crippen molar-refractivity contribution in [3.05, 3.63) is 24.3 Å². The van der Waals surface area contributed by atoms with E-state index in [4.69, 9.17) is 4.74 Å². The van der Waals surface area contributed by atoms with Gasteiger partial charge in [-0.05, 0) is 57.8 Å². The monoisotopic (exact) mass is 1200 g/mol. The molecule has 0 aromatic carbocycles. The average molecular weight is 1200 g/mol. The van der Waals surface area contributed by atoms with Crippen LogP contribution < -0.4 is 5.32 Å². The maximum Gasteiger partial charge on any atom is 0.305 e. The normalized spacial score (nSPS) is 12.6. The summed E-state index contributed by atoms with van der Waals surface area (Å²) in [6.07, 6.45) is 95.5. The van der Waals surface area contributed by atoms with Crippen LogP contribution in [0.2, 0.25) is 0 Å². The molecule has 0 fully saturated rings. The van der Waals surface area contributed by atoms with Gasteiger partial charge in [-0.15, -0.1) is 0 Å². The van der Waals surface area contributed by atoms with Gasteiger partial charge >= 0.3 is 5.97 Å². The number of ether oxygens (including phenoxy) is 1. The summed E-state index contributed by atoms with van der Waals surface area (Å²) in [5.74, 6) is -0.0163. The number of amides is 1. The summed E-state index contributed by atoms with van der Waals surface area (Å²) in [6.45, 7) is 4.98. The van der Waals surface area contributed by atoms with Gasteiger partial charge in [0.25, 0.3) is 0 Å². The predicted molar refractivity (Wildman–Crippen MR) is 375 cm³/mol. The maximum absolute atomic E-state index is 12.6. The molecule has 85 heavy (non-hydrogen) atoms. The molecule has 0 heterocycles. The molecular weight excluding hydrogens is 1040 g/mol. The quantitative estimate of drug-likeness (QED) is 0.0320. The Morgan fingerprint density at radius 2 is 0.588 bits per heavy atom. The lowest BCUT2D eigenvalue weighted by atomic mass is 10.0. The van der Waals surface area contributed by atoms with E-state index < -0.39 is 12.1 Å². The summed E-state index contributed by atoms with van der Waals surface area (Å²) in [5.41, 5.74) is 0. The van der Waals surface area contributed by atoms with E-state index in [1.807, 2.05) is 0 Å². The van der Waals surface area contributed by atoms with Gasteiger partial charge in [0.15, 0.2) is 0 Å². The van der Waals surface area contributed by atoms with E-state index in [-0.39, 0.29) is 18.5 Å². The molecule has 0 aliphatic carbocycles. The standard InChI is InChI=1S/C79H153NO5/c1-3-5-7-9-11-13-15-17-19-21-37-40-43-47-51-55-59-63-67-71-77(82)76(75-81)80-78(83)72-68-64-60-56-52-48-44-41-38-35-33-31-29-27-25-23-22-24-26-28-30-32-34-36-39-42-46-50-54-58-62-66-70-74-85-79(84)73-69-65-61-57-53-49-45-20-18-16-14-12-10-8-6-4-2/h14,16,20,45,76-77,81-82H,3-13,15,17-19,21-44,46-75H2,1-2H3,(H,80,83)/b16-14-,45-20-. The van der Waals surface area contributed by atoms with Crippen molar-refractivity contribution in [1.82, 2.24) is 5.32 Å². The van der Waals surface area contributed by atoms with Crippen LogP contribution >= 0.6 is 0 Å². The van der Waals surface area contributed by atoms with Crippen molar-refractivity contribution in [2.24, 2.45) is 0 Å². The molecule has 0 aromatic rings. The third-order valence-electron chi connectivity index (χ3n) is 18.5. The molecule has 0 bridgehead atoms. The molecule has 6 nitrogen and oxygen atoms in total. The number of allylic oxidation sites excluding steroid dienone is 4. The highest BCUT2D eigenvalue weighted by molar-refractivity contribution is 5.76. The molecule has 0 saturated heterocycles. The van der Waals surface area contributed by atoms with Crippen LogP contribution in [0, 0.1) is 0 Å². The van der Waals surface area contributed by atoms with Crippen LogP contribution in [0.25, 0.3) is 0 Å². The summed E-state index contributed by atoms with van der Waals surface area (Å²) in [6, 6.07) is -0.538. The number of carbonyl (C=O) groups excluding carboxylic acids is 2. The molecule has 3 N–H and O–H groups in total. The first kappa shape index (κ1) is 83.3. The van der Waals surface area contributed by atoms with Gasteiger partial charge in [-0.1, -0.05) is 398 Å². The second kappa shape index (κ2) is 74.8. The fourth-order valence-electron chi connectivity index (χ4n) is 12.6. The molecule has 2 unspecified atom stereocenters. The van der Waals surface area contributed by atoms with E-state index in [0.717, 1.165) is 51.4 Å². The number of carbonyl (C=O) groups is 2. The Morgan fingerprint density at radius 1 is 0.329 bits per heavy atom. The number of esters is 1. The van der Waals surface area contributed by atoms with E-state index in [9.17, 15) is 19.8 Å². The lowest BCUT2D eigenvalue weighted by Gasteiger charge is -2.22. The molecule has 0 aliphatic rings. The maximum atomic E-state index is 12.6. The molecule has 0 aromatic heterocycles. The number of hydrogen-bond acceptors (Lipinski definition) is 5. The van der Waals surface area contributed by atoms with Gasteiger partial charge < -0.3 is 20.3 Å². The molecule has 0 radical (unpaired) electrons. The van der Waals surface area contributed by atoms with E-state index in [2.05, 4.69) is 43.5 Å². The van der Waals surface area contributed by atoms with Gasteiger partial charge in [-0.25, -0.2) is 0 Å². The third kappa shape index (κ3) is 71.3. The van der Waals surface area contributed by atoms with E-state index in [1.165, 1.54) is 360 Å². The highest BCUT2D eigenvalue weighted by Gasteiger charge is 2.20. The topological polar surface area (TPSA) is 95.9 Å². The van der Waals surface area contributed by atoms with Crippen molar-refractivity contribution in [2.75, 3.05) is 13.2 Å². The van der Waals surface area contributed by atoms with Crippen molar-refractivity contribution in [3.63, 3.8) is 0 Å². The van der Waals surface area contributed by atoms with Crippen LogP contribution in [0.1, 0.15) is 444 Å². The Labute approximate surface area is 532 Å². The van der Waals surface area contributed by atoms with Gasteiger partial charge in [0.2, 0.25) is 5.91 Å². The predicted octanol–water partition coefficient (Wildman–Crippen LogP) is 25.7. The second-order valence-corrected chi connectivity index (χ2v) is 27.0. The zero-order valence-corrected chi connectivity index (χ0v) is 57.9. The summed E-state index contributed by atoms with van der Waals surface area (Å²) in [5, 5.41) is 23.4. The van der Waals surface area contributed by atoms with E-state index in [0.29, 0.717) is 25.9 Å². The lowest BCUT2D eigenvalue weighted by Crippen LogP contribution is -2.45. The first-order chi connectivity index (χ1) is 42.0. The van der Waals surface area contributed by atoms with Gasteiger partial charge in [0.1, 0.15) is 0 Å². The second-order valence-electron chi connectivity index (χ2n) is 27.0. The smallest absolute Gasteiger partial charge is 0.305 e. The van der Waals surface area contributed by atoms with E-state index in [1.54, 1.807) is 0 Å². The summed E-state index contributed by atoms with van der Waals surface area (Å²) in [4.78, 5) is 24.6. The zero-order chi connectivity index (χ0) is 61.3. The highest BCUT2D eigenvalue weighted by atomic mass is 16.5. The van der Waals surface area contributed by atoms with Gasteiger partial charge in [0, 0.05) is 12.8 Å². The van der Waals surface area contributed by atoms with E-state index >= 15 is 0 Å². The molecular formula is C79H153NO5. The minimum Gasteiger partial charge on any atom is -0.466 e. The van der Waals surface area contributed by atoms with Crippen LogP contribution in [0.15, 0.2) is 24.3 Å². The fourth-order valence-corrected chi connectivity index (χ4v) is 12.6. The fraction of sp³-hybridized carbons (Fsp3) is 0.924. The van der Waals surface area contributed by atoms with Crippen molar-refractivity contribution in [1.29, 1.82) is 0 Å². The molecule has 0 spiro atoms. The first-order valence-corrected chi connectivity index (χ1v) is 39.1. The number of nitrogens with one attached hydrogen (secondary N) is 1. The molecule has 2 atom stereocenters. The zero-order valence-electron chi connectivity index (χ0n) is 57.9. The Bertz CT molecular complexity index is 1330. The van der Waals surface area contributed by atoms with Crippen LogP contribution in [0.5, 0.6) is 0 Å². The molecule has 0 saturated carbocycles. The molecule has 0 aliphatic heterocycles. The van der Waals surface area contributed by atoms with Gasteiger partial charge in [0.05, 0.1) is 25.4 Å². The van der Waals surface area contributed by atoms with Crippen LogP contribution in [-0.2, 0) is 14.3 Å². The summed E-state index contributed by atoms with van der Waals surface area (Å²) >= 11 is 0. The van der Waals surface area contributed by atoms with Crippen LogP contribution in [-0.4, -0.2) is 47.4 Å². The Hall–Kier alpha value is -1.66. The van der Waals surface area contributed by atoms with Gasteiger partial charge in [-0.2, -0.15) is 0 Å². The number of unbranched alkanes of at least 4 members (excludes halogenated alkanes) is 59. The van der Waals surface area contributed by atoms with Gasteiger partial charge in [-0.3, -0.25) is 9.59 Å². The number of aliphatic hydroxyl groups excluding tert-OH is 2. The van der Waals surface area contributed by atoms with Crippen molar-refractivity contribution >= 4 is 11.9 Å². The number of rotatable bonds is 74. The van der Waals surface area contributed by atoms with Crippen molar-refractivity contribution < 1.29 is 24.5 Å². The first-order valence-electron chi connectivity index (χ1n) is 39.1. The minimum absolute atomic E-state index is 0.00909.